The first-order valence-electron chi connectivity index (χ1n) is 13.3. The van der Waals surface area contributed by atoms with Crippen LogP contribution in [0.2, 0.25) is 5.02 Å². The van der Waals surface area contributed by atoms with Crippen LogP contribution in [0.4, 0.5) is 4.39 Å². The number of carbonyl (C=O) groups excluding carboxylic acids is 2. The van der Waals surface area contributed by atoms with E-state index in [1.165, 1.54) is 11.6 Å². The molecular formula is C30H38ClFN2O2. The van der Waals surface area contributed by atoms with Crippen LogP contribution in [0.15, 0.2) is 46.5 Å². The zero-order chi connectivity index (χ0) is 26.1. The van der Waals surface area contributed by atoms with Gasteiger partial charge in [0.1, 0.15) is 5.71 Å². The molecule has 1 spiro atoms. The number of benzene rings is 1. The number of Topliss-reactive ketones (excluding diaryl/α,β-unsaturated/α-hetero) is 1. The smallest absolute Gasteiger partial charge is 0.247 e. The van der Waals surface area contributed by atoms with Crippen LogP contribution >= 0.6 is 11.6 Å². The van der Waals surface area contributed by atoms with Crippen molar-refractivity contribution in [2.75, 3.05) is 6.54 Å². The highest BCUT2D eigenvalue weighted by atomic mass is 35.5. The lowest BCUT2D eigenvalue weighted by Crippen LogP contribution is -2.47. The van der Waals surface area contributed by atoms with Crippen LogP contribution in [0.5, 0.6) is 0 Å². The molecule has 2 atom stereocenters. The Labute approximate surface area is 219 Å². The number of carbonyl (C=O) groups is 2. The van der Waals surface area contributed by atoms with E-state index in [1.54, 1.807) is 12.1 Å². The van der Waals surface area contributed by atoms with Crippen LogP contribution in [0.25, 0.3) is 0 Å². The maximum atomic E-state index is 15.1. The van der Waals surface area contributed by atoms with Gasteiger partial charge in [0, 0.05) is 23.6 Å². The van der Waals surface area contributed by atoms with Gasteiger partial charge >= 0.3 is 0 Å². The molecule has 1 aliphatic heterocycles. The summed E-state index contributed by atoms with van der Waals surface area (Å²) in [5.41, 5.74) is 2.28. The van der Waals surface area contributed by atoms with Gasteiger partial charge in [-0.3, -0.25) is 14.6 Å². The van der Waals surface area contributed by atoms with E-state index in [-0.39, 0.29) is 50.8 Å². The van der Waals surface area contributed by atoms with Crippen molar-refractivity contribution in [3.63, 3.8) is 0 Å². The fourth-order valence-electron chi connectivity index (χ4n) is 5.84. The maximum absolute atomic E-state index is 15.1. The van der Waals surface area contributed by atoms with Gasteiger partial charge in [-0.25, -0.2) is 4.39 Å². The molecule has 36 heavy (non-hydrogen) atoms. The maximum Gasteiger partial charge on any atom is 0.247 e. The van der Waals surface area contributed by atoms with Crippen LogP contribution in [0.3, 0.4) is 0 Å². The molecule has 4 nitrogen and oxygen atoms in total. The third-order valence-electron chi connectivity index (χ3n) is 8.46. The third-order valence-corrected chi connectivity index (χ3v) is 8.75. The van der Waals surface area contributed by atoms with Crippen LogP contribution < -0.4 is 5.32 Å². The predicted molar refractivity (Wildman–Crippen MR) is 144 cm³/mol. The quantitative estimate of drug-likeness (QED) is 0.446. The number of nitrogens with zero attached hydrogens (tertiary/aromatic N) is 1. The molecule has 0 saturated heterocycles. The molecule has 6 heteroatoms. The van der Waals surface area contributed by atoms with Crippen molar-refractivity contribution in [3.8, 4) is 0 Å². The number of hydrogen-bond acceptors (Lipinski definition) is 3. The van der Waals surface area contributed by atoms with Gasteiger partial charge in [0.15, 0.2) is 11.6 Å². The highest BCUT2D eigenvalue weighted by molar-refractivity contribution is 6.48. The number of nitrogens with one attached hydrogen (secondary N) is 1. The second-order valence-electron chi connectivity index (χ2n) is 11.6. The van der Waals surface area contributed by atoms with E-state index < -0.39 is 5.82 Å². The molecule has 1 saturated carbocycles. The zero-order valence-electron chi connectivity index (χ0n) is 21.9. The van der Waals surface area contributed by atoms with Gasteiger partial charge in [-0.2, -0.15) is 0 Å². The molecule has 4 rings (SSSR count). The van der Waals surface area contributed by atoms with E-state index in [9.17, 15) is 9.59 Å². The van der Waals surface area contributed by atoms with Crippen molar-refractivity contribution >= 4 is 29.0 Å². The van der Waals surface area contributed by atoms with E-state index in [0.717, 1.165) is 44.1 Å². The normalized spacial score (nSPS) is 24.0. The topological polar surface area (TPSA) is 58.5 Å². The lowest BCUT2D eigenvalue weighted by molar-refractivity contribution is -0.119. The van der Waals surface area contributed by atoms with Crippen molar-refractivity contribution in [2.24, 2.45) is 22.2 Å². The second kappa shape index (κ2) is 10.6. The summed E-state index contributed by atoms with van der Waals surface area (Å²) in [5, 5.41) is 2.95. The van der Waals surface area contributed by atoms with Crippen LogP contribution in [-0.4, -0.2) is 29.5 Å². The Balaban J connectivity index is 1.66. The summed E-state index contributed by atoms with van der Waals surface area (Å²) in [6.45, 7) is 9.36. The van der Waals surface area contributed by atoms with E-state index in [2.05, 4.69) is 26.1 Å². The lowest BCUT2D eigenvalue weighted by atomic mass is 9.63. The Morgan fingerprint density at radius 2 is 1.92 bits per heavy atom. The summed E-state index contributed by atoms with van der Waals surface area (Å²) in [5.74, 6) is -0.993. The molecule has 2 aliphatic carbocycles. The van der Waals surface area contributed by atoms with Gasteiger partial charge in [-0.15, -0.1) is 0 Å². The van der Waals surface area contributed by atoms with Gasteiger partial charge in [-0.1, -0.05) is 63.1 Å². The molecule has 3 aliphatic rings. The second-order valence-corrected chi connectivity index (χ2v) is 12.0. The van der Waals surface area contributed by atoms with Gasteiger partial charge in [0.05, 0.1) is 10.6 Å². The number of rotatable bonds is 6. The minimum atomic E-state index is -0.576. The van der Waals surface area contributed by atoms with Crippen LogP contribution in [0, 0.1) is 23.1 Å². The zero-order valence-corrected chi connectivity index (χ0v) is 22.7. The number of amides is 1. The average Bonchev–Trinajstić information content (AvgIpc) is 2.87. The average molecular weight is 513 g/mol. The van der Waals surface area contributed by atoms with Crippen LogP contribution in [0.1, 0.15) is 84.6 Å². The molecule has 1 fully saturated rings. The molecule has 1 aromatic rings. The fourth-order valence-corrected chi connectivity index (χ4v) is 6.01. The Bertz CT molecular complexity index is 1120. The van der Waals surface area contributed by atoms with Crippen molar-refractivity contribution in [1.29, 1.82) is 0 Å². The molecule has 1 amide bonds. The van der Waals surface area contributed by atoms with Crippen molar-refractivity contribution < 1.29 is 14.0 Å². The minimum Gasteiger partial charge on any atom is -0.352 e. The molecule has 1 heterocycles. The number of halogens is 2. The summed E-state index contributed by atoms with van der Waals surface area (Å²) in [6.07, 6.45) is 10.7. The summed E-state index contributed by atoms with van der Waals surface area (Å²) in [4.78, 5) is 31.3. The van der Waals surface area contributed by atoms with Crippen molar-refractivity contribution in [2.45, 2.75) is 84.6 Å². The first kappa shape index (κ1) is 26.8. The fraction of sp³-hybridized carbons (Fsp3) is 0.567. The van der Waals surface area contributed by atoms with E-state index >= 15 is 4.39 Å². The Kier molecular flexibility index (Phi) is 7.89. The molecule has 2 unspecified atom stereocenters. The summed E-state index contributed by atoms with van der Waals surface area (Å²) < 4.78 is 15.1. The first-order chi connectivity index (χ1) is 17.1. The molecule has 0 radical (unpaired) electrons. The number of ketones is 1. The molecule has 194 valence electrons. The summed E-state index contributed by atoms with van der Waals surface area (Å²) >= 11 is 6.10. The molecule has 0 aromatic heterocycles. The number of allylic oxidation sites excluding steroid dienone is 3. The highest BCUT2D eigenvalue weighted by Gasteiger charge is 2.47. The lowest BCUT2D eigenvalue weighted by Gasteiger charge is -2.46. The molecule has 0 bridgehead atoms. The molecule has 1 aromatic carbocycles. The van der Waals surface area contributed by atoms with E-state index in [0.29, 0.717) is 19.4 Å². The SMILES string of the molecule is CCCNC(=O)C1=CC=C(C(C)C2CC3(CCC(C)(C)CC3)N=C(c3cccc(Cl)c3F)C2=O)CC1. The largest absolute Gasteiger partial charge is 0.352 e. The monoisotopic (exact) mass is 512 g/mol. The Morgan fingerprint density at radius 3 is 2.56 bits per heavy atom. The predicted octanol–water partition coefficient (Wildman–Crippen LogP) is 7.01. The van der Waals surface area contributed by atoms with Gasteiger partial charge < -0.3 is 5.32 Å². The van der Waals surface area contributed by atoms with Gasteiger partial charge in [-0.05, 0) is 74.8 Å². The number of hydrogen-bond donors (Lipinski definition) is 1. The summed E-state index contributed by atoms with van der Waals surface area (Å²) in [6, 6.07) is 4.80. The molecular weight excluding hydrogens is 475 g/mol. The Morgan fingerprint density at radius 1 is 1.19 bits per heavy atom. The van der Waals surface area contributed by atoms with Gasteiger partial charge in [0.2, 0.25) is 5.91 Å². The van der Waals surface area contributed by atoms with E-state index in [4.69, 9.17) is 16.6 Å². The third kappa shape index (κ3) is 5.51. The molecule has 1 N–H and O–H groups in total. The number of aliphatic imine (C=N–C) groups is 1. The first-order valence-corrected chi connectivity index (χ1v) is 13.7. The van der Waals surface area contributed by atoms with Gasteiger partial charge in [0.25, 0.3) is 0 Å². The van der Waals surface area contributed by atoms with E-state index in [1.807, 2.05) is 19.1 Å². The summed E-state index contributed by atoms with van der Waals surface area (Å²) in [7, 11) is 0. The van der Waals surface area contributed by atoms with Crippen LogP contribution in [-0.2, 0) is 9.59 Å². The minimum absolute atomic E-state index is 0.00556. The highest BCUT2D eigenvalue weighted by Crippen LogP contribution is 2.49. The van der Waals surface area contributed by atoms with Crippen molar-refractivity contribution in [3.05, 3.63) is 57.9 Å². The standard InChI is InChI=1S/C30H38ClFN2O2/c1-5-17-33-28(36)21-11-9-20(10-12-21)19(2)23-18-30(15-13-29(3,4)14-16-30)34-26(27(23)35)22-7-6-8-24(31)25(22)32/h6-9,11,19,23H,5,10,12-18H2,1-4H3,(H,33,36). The Hall–Kier alpha value is -2.27. The van der Waals surface area contributed by atoms with Crippen molar-refractivity contribution in [1.82, 2.24) is 5.32 Å².